The van der Waals surface area contributed by atoms with E-state index in [0.29, 0.717) is 18.5 Å². The molecule has 4 N–H and O–H groups in total. The fraction of sp³-hybridized carbons (Fsp3) is 0.370. The molecule has 0 unspecified atom stereocenters. The van der Waals surface area contributed by atoms with Crippen molar-refractivity contribution in [2.75, 3.05) is 5.73 Å². The van der Waals surface area contributed by atoms with Gasteiger partial charge in [0, 0.05) is 36.8 Å². The van der Waals surface area contributed by atoms with E-state index in [4.69, 9.17) is 5.73 Å². The van der Waals surface area contributed by atoms with E-state index in [9.17, 15) is 14.0 Å². The Kier molecular flexibility index (Phi) is 8.40. The third kappa shape index (κ3) is 7.07. The van der Waals surface area contributed by atoms with Crippen molar-refractivity contribution in [3.63, 3.8) is 0 Å². The van der Waals surface area contributed by atoms with Gasteiger partial charge in [-0.1, -0.05) is 24.3 Å². The molecule has 0 spiro atoms. The molecular weight excluding hydrogens is 481 g/mol. The van der Waals surface area contributed by atoms with Gasteiger partial charge < -0.3 is 16.4 Å². The predicted molar refractivity (Wildman–Crippen MR) is 140 cm³/mol. The molecule has 7 nitrogen and oxygen atoms in total. The smallest absolute Gasteiger partial charge is 0.243 e. The Morgan fingerprint density at radius 3 is 2.42 bits per heavy atom. The van der Waals surface area contributed by atoms with Crippen LogP contribution in [0, 0.1) is 11.7 Å². The average molecular weight is 514 g/mol. The highest BCUT2D eigenvalue weighted by molar-refractivity contribution is 5.90. The number of carbonyl (C=O) groups is 2. The van der Waals surface area contributed by atoms with Crippen molar-refractivity contribution < 1.29 is 14.0 Å². The molecule has 0 radical (unpaired) electrons. The number of halogens is 2. The third-order valence-corrected chi connectivity index (χ3v) is 6.34. The van der Waals surface area contributed by atoms with Gasteiger partial charge in [-0.15, -0.1) is 12.4 Å². The number of hydrogen-bond acceptors (Lipinski definition) is 4. The number of nitrogens with zero attached hydrogens (tertiary/aromatic N) is 2. The van der Waals surface area contributed by atoms with Crippen LogP contribution in [0.1, 0.15) is 42.9 Å². The number of aromatic nitrogens is 2. The number of benzene rings is 2. The number of nitrogens with two attached hydrogens (primary N) is 1. The van der Waals surface area contributed by atoms with Crippen LogP contribution in [0.25, 0.3) is 0 Å². The molecule has 1 aliphatic rings. The lowest BCUT2D eigenvalue weighted by atomic mass is 9.94. The second-order valence-corrected chi connectivity index (χ2v) is 10.1. The first-order valence-corrected chi connectivity index (χ1v) is 11.8. The molecule has 36 heavy (non-hydrogen) atoms. The minimum atomic E-state index is -0.744. The van der Waals surface area contributed by atoms with Crippen LogP contribution < -0.4 is 16.4 Å². The molecule has 3 aromatic rings. The maximum atomic E-state index is 13.4. The molecule has 1 fully saturated rings. The zero-order valence-electron chi connectivity index (χ0n) is 20.7. The molecule has 1 aliphatic carbocycles. The van der Waals surface area contributed by atoms with E-state index in [1.54, 1.807) is 23.0 Å². The lowest BCUT2D eigenvalue weighted by Gasteiger charge is -2.29. The van der Waals surface area contributed by atoms with Crippen molar-refractivity contribution in [2.24, 2.45) is 13.0 Å². The summed E-state index contributed by atoms with van der Waals surface area (Å²) in [7, 11) is 1.81. The molecular formula is C27H33ClFN5O2. The van der Waals surface area contributed by atoms with Crippen LogP contribution in [0.15, 0.2) is 60.9 Å². The van der Waals surface area contributed by atoms with Crippen LogP contribution >= 0.6 is 12.4 Å². The number of anilines is 1. The quantitative estimate of drug-likeness (QED) is 0.381. The van der Waals surface area contributed by atoms with Gasteiger partial charge >= 0.3 is 0 Å². The highest BCUT2D eigenvalue weighted by atomic mass is 35.5. The van der Waals surface area contributed by atoms with Gasteiger partial charge in [-0.25, -0.2) is 4.39 Å². The van der Waals surface area contributed by atoms with Gasteiger partial charge in [0.25, 0.3) is 0 Å². The number of rotatable bonds is 9. The molecule has 0 bridgehead atoms. The molecule has 192 valence electrons. The molecule has 9 heteroatoms. The first-order valence-electron chi connectivity index (χ1n) is 11.8. The van der Waals surface area contributed by atoms with Crippen molar-refractivity contribution in [3.05, 3.63) is 83.4 Å². The van der Waals surface area contributed by atoms with E-state index in [1.807, 2.05) is 51.4 Å². The van der Waals surface area contributed by atoms with Crippen molar-refractivity contribution in [1.82, 2.24) is 20.4 Å². The molecule has 4 rings (SSSR count). The van der Waals surface area contributed by atoms with Crippen LogP contribution in [0.5, 0.6) is 0 Å². The Hall–Kier alpha value is -3.39. The Morgan fingerprint density at radius 2 is 1.81 bits per heavy atom. The maximum absolute atomic E-state index is 13.4. The van der Waals surface area contributed by atoms with E-state index in [0.717, 1.165) is 23.1 Å². The Balaban J connectivity index is 0.00000361. The van der Waals surface area contributed by atoms with Gasteiger partial charge in [-0.3, -0.25) is 14.3 Å². The van der Waals surface area contributed by atoms with Crippen molar-refractivity contribution in [2.45, 2.75) is 50.6 Å². The summed E-state index contributed by atoms with van der Waals surface area (Å²) < 4.78 is 14.9. The normalized spacial score (nSPS) is 17.6. The Labute approximate surface area is 217 Å². The first kappa shape index (κ1) is 27.2. The predicted octanol–water partition coefficient (Wildman–Crippen LogP) is 3.53. The van der Waals surface area contributed by atoms with Crippen LogP contribution in [0.2, 0.25) is 0 Å². The monoisotopic (exact) mass is 513 g/mol. The van der Waals surface area contributed by atoms with Crippen molar-refractivity contribution in [1.29, 1.82) is 0 Å². The van der Waals surface area contributed by atoms with Gasteiger partial charge in [0.2, 0.25) is 11.8 Å². The number of nitrogens with one attached hydrogen (secondary N) is 2. The maximum Gasteiger partial charge on any atom is 0.243 e. The fourth-order valence-corrected chi connectivity index (χ4v) is 4.47. The number of nitrogen functional groups attached to an aromatic ring is 1. The topological polar surface area (TPSA) is 102 Å². The minimum absolute atomic E-state index is 0. The number of amides is 2. The van der Waals surface area contributed by atoms with Crippen molar-refractivity contribution in [3.8, 4) is 0 Å². The van der Waals surface area contributed by atoms with E-state index < -0.39 is 11.6 Å². The van der Waals surface area contributed by atoms with E-state index in [-0.39, 0.29) is 41.9 Å². The summed E-state index contributed by atoms with van der Waals surface area (Å²) in [5, 5.41) is 10.2. The largest absolute Gasteiger partial charge is 0.399 e. The summed E-state index contributed by atoms with van der Waals surface area (Å²) in [6.45, 7) is 3.82. The highest BCUT2D eigenvalue weighted by Gasteiger charge is 2.45. The molecule has 2 amide bonds. The zero-order valence-corrected chi connectivity index (χ0v) is 21.5. The fourth-order valence-electron chi connectivity index (χ4n) is 4.47. The van der Waals surface area contributed by atoms with Gasteiger partial charge in [-0.05, 0) is 73.6 Å². The zero-order chi connectivity index (χ0) is 25.2. The SMILES string of the molecule is Cl.Cn1cc(C[C@@H](NC(=O)[C@H]2C[C@@H]2c2ccc(N)cc2)C(=O)NC(C)(C)Cc2ccc(F)cc2)cn1. The molecule has 0 saturated heterocycles. The molecule has 3 atom stereocenters. The molecule has 1 heterocycles. The third-order valence-electron chi connectivity index (χ3n) is 6.34. The molecule has 1 aromatic heterocycles. The molecule has 0 aliphatic heterocycles. The van der Waals surface area contributed by atoms with Gasteiger partial charge in [-0.2, -0.15) is 5.10 Å². The van der Waals surface area contributed by atoms with Gasteiger partial charge in [0.15, 0.2) is 0 Å². The van der Waals surface area contributed by atoms with Gasteiger partial charge in [0.1, 0.15) is 11.9 Å². The van der Waals surface area contributed by atoms with Crippen LogP contribution in [0.4, 0.5) is 10.1 Å². The summed E-state index contributed by atoms with van der Waals surface area (Å²) in [5.74, 6) is -0.735. The van der Waals surface area contributed by atoms with Crippen LogP contribution in [-0.4, -0.2) is 33.2 Å². The minimum Gasteiger partial charge on any atom is -0.399 e. The van der Waals surface area contributed by atoms with Crippen LogP contribution in [-0.2, 0) is 29.5 Å². The van der Waals surface area contributed by atoms with E-state index in [2.05, 4.69) is 15.7 Å². The Morgan fingerprint density at radius 1 is 1.14 bits per heavy atom. The summed E-state index contributed by atoms with van der Waals surface area (Å²) in [5.41, 5.74) is 8.71. The summed E-state index contributed by atoms with van der Waals surface area (Å²) in [6, 6.07) is 13.1. The number of aryl methyl sites for hydroxylation is 1. The van der Waals surface area contributed by atoms with Crippen molar-refractivity contribution >= 4 is 29.9 Å². The van der Waals surface area contributed by atoms with Gasteiger partial charge in [0.05, 0.1) is 6.20 Å². The lowest BCUT2D eigenvalue weighted by molar-refractivity contribution is -0.130. The van der Waals surface area contributed by atoms with E-state index in [1.165, 1.54) is 12.1 Å². The summed E-state index contributed by atoms with van der Waals surface area (Å²) >= 11 is 0. The first-order chi connectivity index (χ1) is 16.6. The van der Waals surface area contributed by atoms with E-state index >= 15 is 0 Å². The number of hydrogen-bond donors (Lipinski definition) is 3. The highest BCUT2D eigenvalue weighted by Crippen LogP contribution is 2.47. The number of carbonyl (C=O) groups excluding carboxylic acids is 2. The average Bonchev–Trinajstić information content (AvgIpc) is 3.50. The molecule has 1 saturated carbocycles. The Bertz CT molecular complexity index is 1190. The second-order valence-electron chi connectivity index (χ2n) is 10.1. The molecule has 2 aromatic carbocycles. The summed E-state index contributed by atoms with van der Waals surface area (Å²) in [6.07, 6.45) is 5.13. The second kappa shape index (κ2) is 11.1. The van der Waals surface area contributed by atoms with Crippen LogP contribution in [0.3, 0.4) is 0 Å². The lowest BCUT2D eigenvalue weighted by Crippen LogP contribution is -2.55. The summed E-state index contributed by atoms with van der Waals surface area (Å²) in [4.78, 5) is 26.4. The standard InChI is InChI=1S/C27H32FN5O2.ClH/c1-27(2,14-17-4-8-20(28)9-5-17)32-26(35)24(12-18-15-30-33(3)16-18)31-25(34)23-13-22(23)19-6-10-21(29)11-7-19;/h4-11,15-16,22-24H,12-14,29H2,1-3H3,(H,31,34)(H,32,35);1H/t22-,23+,24-;/m1./s1.